The van der Waals surface area contributed by atoms with Gasteiger partial charge >= 0.3 is 41.8 Å². The van der Waals surface area contributed by atoms with Crippen LogP contribution < -0.4 is 0 Å². The van der Waals surface area contributed by atoms with Crippen molar-refractivity contribution in [3.05, 3.63) is 0 Å². The topological polar surface area (TPSA) is 212 Å². The van der Waals surface area contributed by atoms with Crippen LogP contribution in [0.2, 0.25) is 0 Å². The maximum Gasteiger partial charge on any atom is 0.303 e. The van der Waals surface area contributed by atoms with Crippen LogP contribution in [0.4, 0.5) is 0 Å². The number of hydrogen-bond donors (Lipinski definition) is 0. The molecule has 2 rings (SSSR count). The molecule has 0 aliphatic carbocycles. The average molecular weight is 681 g/mol. The van der Waals surface area contributed by atoms with Crippen LogP contribution in [0.1, 0.15) is 55.4 Å². The minimum Gasteiger partial charge on any atom is -0.463 e. The van der Waals surface area contributed by atoms with E-state index in [0.29, 0.717) is 5.75 Å². The normalized spacial score (nSPS) is 30.6. The predicted octanol–water partition coefficient (Wildman–Crippen LogP) is 0.359. The highest BCUT2D eigenvalue weighted by atomic mass is 32.2. The number of hydrogen-bond acceptors (Lipinski definition) is 18. The van der Waals surface area contributed by atoms with E-state index in [-0.39, 0.29) is 0 Å². The molecule has 17 nitrogen and oxygen atoms in total. The fourth-order valence-corrected chi connectivity index (χ4v) is 5.72. The zero-order chi connectivity index (χ0) is 34.7. The Morgan fingerprint density at radius 2 is 0.891 bits per heavy atom. The van der Waals surface area contributed by atoms with Crippen molar-refractivity contribution >= 4 is 53.5 Å². The fraction of sp³-hybridized carbons (Fsp3) is 0.750. The summed E-state index contributed by atoms with van der Waals surface area (Å²) in [4.78, 5) is 84.6. The highest BCUT2D eigenvalue weighted by molar-refractivity contribution is 7.99. The summed E-state index contributed by atoms with van der Waals surface area (Å²) < 4.78 is 56.1. The number of carbonyl (C=O) groups is 7. The van der Waals surface area contributed by atoms with Gasteiger partial charge in [0.05, 0.1) is 0 Å². The molecule has 18 heteroatoms. The number of thioether (sulfide) groups is 1. The van der Waals surface area contributed by atoms with Crippen LogP contribution in [-0.2, 0) is 80.9 Å². The zero-order valence-corrected chi connectivity index (χ0v) is 27.6. The number of carbonyl (C=O) groups excluding carboxylic acids is 7. The van der Waals surface area contributed by atoms with Crippen molar-refractivity contribution < 1.29 is 80.9 Å². The van der Waals surface area contributed by atoms with Crippen LogP contribution in [0.25, 0.3) is 0 Å². The van der Waals surface area contributed by atoms with E-state index >= 15 is 0 Å². The molecule has 0 N–H and O–H groups in total. The summed E-state index contributed by atoms with van der Waals surface area (Å²) in [5.41, 5.74) is -0.961. The van der Waals surface area contributed by atoms with Crippen molar-refractivity contribution in [2.45, 2.75) is 116 Å². The molecule has 2 fully saturated rings. The number of rotatable bonds is 13. The monoisotopic (exact) mass is 680 g/mol. The van der Waals surface area contributed by atoms with Gasteiger partial charge in [-0.05, 0) is 5.75 Å². The Bertz CT molecular complexity index is 1130. The highest BCUT2D eigenvalue weighted by Crippen LogP contribution is 2.37. The summed E-state index contributed by atoms with van der Waals surface area (Å²) in [7, 11) is 0. The second-order valence-electron chi connectivity index (χ2n) is 10.1. The molecule has 260 valence electrons. The minimum absolute atomic E-state index is 0.403. The molecule has 0 radical (unpaired) electrons. The van der Waals surface area contributed by atoms with Crippen molar-refractivity contribution in [2.24, 2.45) is 0 Å². The number of esters is 7. The standard InChI is InChI=1S/C28H40O17S/c1-9-46-28-26(42-18(8)35)24(22(39-15(5)32)20(44-28)11-37-13(3)30)45-27-25(41-17(7)34)23(40-16(6)33)21(38-14(4)31)19(43-27)10-36-12(2)29/h19-28H,9-11H2,1-8H3/t19-,20-,21+,22-,23+,24+,25-,26-,27+,28-/m1/s1. The van der Waals surface area contributed by atoms with Gasteiger partial charge in [-0.3, -0.25) is 33.6 Å². The molecule has 0 unspecified atom stereocenters. The van der Waals surface area contributed by atoms with Crippen LogP contribution in [-0.4, -0.2) is 121 Å². The predicted molar refractivity (Wildman–Crippen MR) is 151 cm³/mol. The summed E-state index contributed by atoms with van der Waals surface area (Å²) in [6.45, 7) is 8.55. The van der Waals surface area contributed by atoms with E-state index in [1.54, 1.807) is 6.92 Å². The zero-order valence-electron chi connectivity index (χ0n) is 26.7. The molecule has 0 aromatic heterocycles. The van der Waals surface area contributed by atoms with E-state index in [1.807, 2.05) is 0 Å². The Morgan fingerprint density at radius 1 is 0.500 bits per heavy atom. The van der Waals surface area contributed by atoms with Gasteiger partial charge in [0.25, 0.3) is 0 Å². The van der Waals surface area contributed by atoms with Gasteiger partial charge in [-0.15, -0.1) is 11.8 Å². The molecule has 10 atom stereocenters. The summed E-state index contributed by atoms with van der Waals surface area (Å²) in [6.07, 6.45) is -13.1. The summed E-state index contributed by atoms with van der Waals surface area (Å²) in [5, 5.41) is 0. The van der Waals surface area contributed by atoms with E-state index in [9.17, 15) is 33.6 Å². The van der Waals surface area contributed by atoms with Crippen molar-refractivity contribution in [3.8, 4) is 0 Å². The van der Waals surface area contributed by atoms with E-state index in [0.717, 1.165) is 48.5 Å². The van der Waals surface area contributed by atoms with Gasteiger partial charge < -0.3 is 47.4 Å². The lowest BCUT2D eigenvalue weighted by Crippen LogP contribution is -2.67. The van der Waals surface area contributed by atoms with Crippen LogP contribution in [0.5, 0.6) is 0 Å². The summed E-state index contributed by atoms with van der Waals surface area (Å²) >= 11 is 1.20. The first-order chi connectivity index (χ1) is 21.5. The SMILES string of the molecule is CCS[C@H]1O[C@H](COC(C)=O)[C@@H](OC(C)=O)[C@H](O[C@@H]2O[C@H](COC(C)=O)[C@H](OC(C)=O)[C@H](OC(C)=O)[C@H]2OC(C)=O)[C@H]1OC(C)=O. The Morgan fingerprint density at radius 3 is 1.33 bits per heavy atom. The van der Waals surface area contributed by atoms with Gasteiger partial charge in [0, 0.05) is 48.5 Å². The molecule has 0 spiro atoms. The first-order valence-corrected chi connectivity index (χ1v) is 15.3. The van der Waals surface area contributed by atoms with Crippen LogP contribution in [0.3, 0.4) is 0 Å². The van der Waals surface area contributed by atoms with Crippen molar-refractivity contribution in [2.75, 3.05) is 19.0 Å². The summed E-state index contributed by atoms with van der Waals surface area (Å²) in [6, 6.07) is 0. The lowest BCUT2D eigenvalue weighted by molar-refractivity contribution is -0.340. The maximum atomic E-state index is 12.3. The Labute approximate surface area is 269 Å². The van der Waals surface area contributed by atoms with Gasteiger partial charge in [0.15, 0.2) is 36.8 Å². The number of ether oxygens (including phenoxy) is 10. The molecule has 0 aromatic rings. The molecule has 2 heterocycles. The second kappa shape index (κ2) is 18.0. The molecule has 0 saturated carbocycles. The molecular weight excluding hydrogens is 640 g/mol. The van der Waals surface area contributed by atoms with Crippen molar-refractivity contribution in [1.82, 2.24) is 0 Å². The smallest absolute Gasteiger partial charge is 0.303 e. The minimum atomic E-state index is -1.72. The van der Waals surface area contributed by atoms with Crippen LogP contribution in [0, 0.1) is 0 Å². The molecule has 2 aliphatic rings. The molecule has 2 saturated heterocycles. The van der Waals surface area contributed by atoms with Crippen molar-refractivity contribution in [1.29, 1.82) is 0 Å². The highest BCUT2D eigenvalue weighted by Gasteiger charge is 2.57. The quantitative estimate of drug-likeness (QED) is 0.190. The molecule has 2 aliphatic heterocycles. The van der Waals surface area contributed by atoms with Gasteiger partial charge in [-0.2, -0.15) is 0 Å². The third-order valence-electron chi connectivity index (χ3n) is 6.22. The second-order valence-corrected chi connectivity index (χ2v) is 11.5. The molecule has 0 amide bonds. The first-order valence-electron chi connectivity index (χ1n) is 14.2. The van der Waals surface area contributed by atoms with Gasteiger partial charge in [-0.25, -0.2) is 0 Å². The van der Waals surface area contributed by atoms with Crippen LogP contribution >= 0.6 is 11.8 Å². The molecule has 0 aromatic carbocycles. The molecular formula is C28H40O17S. The Balaban J connectivity index is 2.72. The first kappa shape index (κ1) is 38.7. The van der Waals surface area contributed by atoms with E-state index in [2.05, 4.69) is 0 Å². The van der Waals surface area contributed by atoms with E-state index < -0.39 is 116 Å². The van der Waals surface area contributed by atoms with Gasteiger partial charge in [0.1, 0.15) is 37.0 Å². The van der Waals surface area contributed by atoms with E-state index in [1.165, 1.54) is 11.8 Å². The van der Waals surface area contributed by atoms with Gasteiger partial charge in [0.2, 0.25) is 0 Å². The lowest BCUT2D eigenvalue weighted by atomic mass is 9.96. The molecule has 0 bridgehead atoms. The van der Waals surface area contributed by atoms with Crippen molar-refractivity contribution in [3.63, 3.8) is 0 Å². The fourth-order valence-electron chi connectivity index (χ4n) is 4.77. The van der Waals surface area contributed by atoms with E-state index in [4.69, 9.17) is 47.4 Å². The molecule has 46 heavy (non-hydrogen) atoms. The Kier molecular flexibility index (Phi) is 15.2. The average Bonchev–Trinajstić information content (AvgIpc) is 2.91. The summed E-state index contributed by atoms with van der Waals surface area (Å²) in [5.74, 6) is -5.08. The maximum absolute atomic E-state index is 12.3. The third kappa shape index (κ3) is 11.7. The van der Waals surface area contributed by atoms with Gasteiger partial charge in [-0.1, -0.05) is 6.92 Å². The van der Waals surface area contributed by atoms with Crippen LogP contribution in [0.15, 0.2) is 0 Å². The largest absolute Gasteiger partial charge is 0.463 e. The third-order valence-corrected chi connectivity index (χ3v) is 7.26. The lowest BCUT2D eigenvalue weighted by Gasteiger charge is -2.48. The Hall–Kier alpha value is -3.48.